The number of nitrogens with zero attached hydrogens (tertiary/aromatic N) is 2. The topological polar surface area (TPSA) is 131 Å². The minimum Gasteiger partial charge on any atom is -0.480 e. The molecule has 1 aromatic carbocycles. The normalized spacial score (nSPS) is 12.0. The molecule has 13 heteroatoms. The molecule has 1 unspecified atom stereocenters. The highest BCUT2D eigenvalue weighted by atomic mass is 35.5. The molecule has 0 aliphatic carbocycles. The summed E-state index contributed by atoms with van der Waals surface area (Å²) in [6.45, 7) is -3.33. The van der Waals surface area contributed by atoms with Crippen molar-refractivity contribution in [3.05, 3.63) is 78.2 Å². The number of benzene rings is 1. The number of anilines is 1. The number of carbonyl (C=O) groups is 1. The first-order valence-electron chi connectivity index (χ1n) is 9.61. The van der Waals surface area contributed by atoms with E-state index in [1.54, 1.807) is 18.2 Å². The van der Waals surface area contributed by atoms with E-state index in [1.807, 2.05) is 0 Å². The average molecular weight is 515 g/mol. The molecule has 0 radical (unpaired) electrons. The Morgan fingerprint density at radius 3 is 2.44 bits per heavy atom. The van der Waals surface area contributed by atoms with Gasteiger partial charge in [0.1, 0.15) is 23.0 Å². The predicted molar refractivity (Wildman–Crippen MR) is 122 cm³/mol. The Balaban J connectivity index is 0.00000408. The maximum Gasteiger partial charge on any atom is 0.387 e. The quantitative estimate of drug-likeness (QED) is 0.355. The van der Waals surface area contributed by atoms with Crippen LogP contribution in [0.4, 0.5) is 14.6 Å². The molecule has 34 heavy (non-hydrogen) atoms. The van der Waals surface area contributed by atoms with Crippen LogP contribution in [0.3, 0.4) is 0 Å². The number of pyridine rings is 2. The fourth-order valence-corrected chi connectivity index (χ4v) is 4.09. The lowest BCUT2D eigenvalue weighted by atomic mass is 10.0. The van der Waals surface area contributed by atoms with E-state index in [2.05, 4.69) is 24.7 Å². The summed E-state index contributed by atoms with van der Waals surface area (Å²) >= 11 is 0. The van der Waals surface area contributed by atoms with Crippen LogP contribution in [0, 0.1) is 0 Å². The van der Waals surface area contributed by atoms with Gasteiger partial charge in [-0.05, 0) is 48.4 Å². The molecule has 0 saturated heterocycles. The summed E-state index contributed by atoms with van der Waals surface area (Å²) in [5, 5.41) is 11.5. The Morgan fingerprint density at radius 1 is 1.09 bits per heavy atom. The number of carboxylic acid groups (broad SMARTS) is 1. The van der Waals surface area contributed by atoms with Crippen molar-refractivity contribution in [2.45, 2.75) is 24.0 Å². The second-order valence-corrected chi connectivity index (χ2v) is 8.50. The number of rotatable bonds is 11. The van der Waals surface area contributed by atoms with Crippen molar-refractivity contribution >= 4 is 34.2 Å². The van der Waals surface area contributed by atoms with Crippen LogP contribution in [-0.2, 0) is 21.2 Å². The van der Waals surface area contributed by atoms with Crippen LogP contribution in [-0.4, -0.2) is 42.6 Å². The van der Waals surface area contributed by atoms with Gasteiger partial charge in [0.2, 0.25) is 10.0 Å². The van der Waals surface area contributed by atoms with Crippen molar-refractivity contribution < 1.29 is 31.8 Å². The number of ether oxygens (including phenoxy) is 1. The lowest BCUT2D eigenvalue weighted by molar-refractivity contribution is -0.134. The number of alkyl halides is 2. The van der Waals surface area contributed by atoms with Crippen LogP contribution in [0.1, 0.15) is 17.3 Å². The molecule has 182 valence electrons. The lowest BCUT2D eigenvalue weighted by Gasteiger charge is -2.19. The molecule has 0 amide bonds. The SMILES string of the molecule is Cl.O=C(O)CNc1cccc(C(Cc2ccc(OC(F)F)cc2)NS(=O)(=O)c2cccnc2)n1. The van der Waals surface area contributed by atoms with Crippen molar-refractivity contribution in [1.29, 1.82) is 0 Å². The summed E-state index contributed by atoms with van der Waals surface area (Å²) < 4.78 is 57.5. The summed E-state index contributed by atoms with van der Waals surface area (Å²) in [6, 6.07) is 12.6. The van der Waals surface area contributed by atoms with E-state index in [1.165, 1.54) is 48.8 Å². The molecule has 3 N–H and O–H groups in total. The highest BCUT2D eigenvalue weighted by Gasteiger charge is 2.23. The molecule has 1 atom stereocenters. The van der Waals surface area contributed by atoms with Gasteiger partial charge in [-0.25, -0.2) is 18.1 Å². The lowest BCUT2D eigenvalue weighted by Crippen LogP contribution is -2.31. The summed E-state index contributed by atoms with van der Waals surface area (Å²) in [4.78, 5) is 18.9. The van der Waals surface area contributed by atoms with E-state index in [4.69, 9.17) is 5.11 Å². The monoisotopic (exact) mass is 514 g/mol. The van der Waals surface area contributed by atoms with Crippen LogP contribution in [0.5, 0.6) is 5.75 Å². The molecule has 2 heterocycles. The van der Waals surface area contributed by atoms with Crippen molar-refractivity contribution in [3.8, 4) is 5.75 Å². The third-order valence-corrected chi connectivity index (χ3v) is 5.84. The number of hydrogen-bond donors (Lipinski definition) is 3. The molecule has 3 rings (SSSR count). The molecule has 9 nitrogen and oxygen atoms in total. The summed E-state index contributed by atoms with van der Waals surface area (Å²) in [5.41, 5.74) is 0.951. The zero-order valence-corrected chi connectivity index (χ0v) is 19.1. The van der Waals surface area contributed by atoms with E-state index >= 15 is 0 Å². The van der Waals surface area contributed by atoms with Crippen molar-refractivity contribution in [1.82, 2.24) is 14.7 Å². The molecule has 0 spiro atoms. The Kier molecular flexibility index (Phi) is 9.66. The van der Waals surface area contributed by atoms with E-state index < -0.39 is 28.6 Å². The zero-order valence-electron chi connectivity index (χ0n) is 17.5. The maximum absolute atomic E-state index is 12.9. The van der Waals surface area contributed by atoms with Gasteiger partial charge in [0.05, 0.1) is 11.7 Å². The number of nitrogens with one attached hydrogen (secondary N) is 2. The Hall–Kier alpha value is -3.35. The molecule has 3 aromatic rings. The van der Waals surface area contributed by atoms with E-state index in [9.17, 15) is 22.0 Å². The first kappa shape index (κ1) is 26.9. The van der Waals surface area contributed by atoms with Crippen LogP contribution >= 0.6 is 12.4 Å². The fourth-order valence-electron chi connectivity index (χ4n) is 2.92. The highest BCUT2D eigenvalue weighted by molar-refractivity contribution is 7.89. The van der Waals surface area contributed by atoms with Crippen LogP contribution in [0.2, 0.25) is 0 Å². The van der Waals surface area contributed by atoms with Crippen molar-refractivity contribution in [2.24, 2.45) is 0 Å². The molecular formula is C21H21ClF2N4O5S. The Morgan fingerprint density at radius 2 is 1.82 bits per heavy atom. The van der Waals surface area contributed by atoms with Crippen molar-refractivity contribution in [3.63, 3.8) is 0 Å². The van der Waals surface area contributed by atoms with Gasteiger partial charge in [-0.2, -0.15) is 8.78 Å². The van der Waals surface area contributed by atoms with Crippen LogP contribution in [0.15, 0.2) is 71.9 Å². The average Bonchev–Trinajstić information content (AvgIpc) is 2.79. The molecular weight excluding hydrogens is 494 g/mol. The summed E-state index contributed by atoms with van der Waals surface area (Å²) in [7, 11) is -3.98. The molecule has 0 aliphatic rings. The summed E-state index contributed by atoms with van der Waals surface area (Å²) in [5.74, 6) is -0.859. The van der Waals surface area contributed by atoms with E-state index in [-0.39, 0.29) is 41.8 Å². The van der Waals surface area contributed by atoms with Gasteiger partial charge in [-0.1, -0.05) is 18.2 Å². The Bertz CT molecular complexity index is 1190. The second kappa shape index (κ2) is 12.2. The molecule has 2 aromatic heterocycles. The number of carboxylic acids is 1. The van der Waals surface area contributed by atoms with E-state index in [0.29, 0.717) is 11.3 Å². The van der Waals surface area contributed by atoms with Gasteiger partial charge in [-0.3, -0.25) is 9.78 Å². The number of halogens is 3. The predicted octanol–water partition coefficient (Wildman–Crippen LogP) is 3.26. The van der Waals surface area contributed by atoms with Gasteiger partial charge >= 0.3 is 12.6 Å². The third-order valence-electron chi connectivity index (χ3n) is 4.38. The third kappa shape index (κ3) is 7.90. The number of sulfonamides is 1. The smallest absolute Gasteiger partial charge is 0.387 e. The van der Waals surface area contributed by atoms with E-state index in [0.717, 1.165) is 0 Å². The summed E-state index contributed by atoms with van der Waals surface area (Å²) in [6.07, 6.45) is 2.77. The first-order chi connectivity index (χ1) is 15.7. The first-order valence-corrected chi connectivity index (χ1v) is 11.1. The number of aromatic nitrogens is 2. The van der Waals surface area contributed by atoms with Gasteiger partial charge < -0.3 is 15.2 Å². The van der Waals surface area contributed by atoms with Gasteiger partial charge in [0.15, 0.2) is 0 Å². The standard InChI is InChI=1S/C21H20F2N4O5S.ClH/c22-21(23)32-15-8-6-14(7-9-15)11-18(27-33(30,31)16-3-2-10-24-12-16)17-4-1-5-19(26-17)25-13-20(28)29;/h1-10,12,18,21,27H,11,13H2,(H,25,26)(H,28,29);1H. The van der Waals surface area contributed by atoms with Crippen LogP contribution in [0.25, 0.3) is 0 Å². The Labute approximate surface area is 200 Å². The van der Waals surface area contributed by atoms with Crippen LogP contribution < -0.4 is 14.8 Å². The highest BCUT2D eigenvalue weighted by Crippen LogP contribution is 2.23. The minimum absolute atomic E-state index is 0. The molecule has 0 bridgehead atoms. The van der Waals surface area contributed by atoms with Crippen molar-refractivity contribution in [2.75, 3.05) is 11.9 Å². The fraction of sp³-hybridized carbons (Fsp3) is 0.190. The largest absolute Gasteiger partial charge is 0.480 e. The molecule has 0 fully saturated rings. The van der Waals surface area contributed by atoms with Gasteiger partial charge in [0.25, 0.3) is 0 Å². The number of aliphatic carboxylic acids is 1. The molecule has 0 aliphatic heterocycles. The molecule has 0 saturated carbocycles. The van der Waals surface area contributed by atoms with Gasteiger partial charge in [0, 0.05) is 12.4 Å². The minimum atomic E-state index is -3.98. The second-order valence-electron chi connectivity index (χ2n) is 6.78. The maximum atomic E-state index is 12.9. The zero-order chi connectivity index (χ0) is 23.8. The number of hydrogen-bond acceptors (Lipinski definition) is 7. The van der Waals surface area contributed by atoms with Gasteiger partial charge in [-0.15, -0.1) is 12.4 Å².